The Morgan fingerprint density at radius 2 is 1.94 bits per heavy atom. The van der Waals surface area contributed by atoms with E-state index in [9.17, 15) is 18.4 Å². The maximum Gasteiger partial charge on any atom is 0.173 e. The van der Waals surface area contributed by atoms with Crippen LogP contribution in [0.15, 0.2) is 18.2 Å². The van der Waals surface area contributed by atoms with E-state index in [1.54, 1.807) is 0 Å². The lowest BCUT2D eigenvalue weighted by Crippen LogP contribution is -2.11. The fraction of sp³-hybridized carbons (Fsp3) is 0.333. The molecule has 0 aliphatic heterocycles. The first-order valence-electron chi connectivity index (χ1n) is 5.09. The standard InChI is InChI=1S/C12H10F2O2/c13-9-3-1-2-8(12(9)14)11(16)6-10(15)7-4-5-7/h1-3,7H,4-6H2. The average Bonchev–Trinajstić information content (AvgIpc) is 3.05. The normalized spacial score (nSPS) is 14.9. The van der Waals surface area contributed by atoms with Crippen LogP contribution in [0.25, 0.3) is 0 Å². The molecule has 4 heteroatoms. The van der Waals surface area contributed by atoms with Crippen LogP contribution in [0, 0.1) is 17.6 Å². The summed E-state index contributed by atoms with van der Waals surface area (Å²) in [6.45, 7) is 0. The first-order chi connectivity index (χ1) is 7.59. The van der Waals surface area contributed by atoms with Crippen molar-refractivity contribution in [2.75, 3.05) is 0 Å². The largest absolute Gasteiger partial charge is 0.299 e. The van der Waals surface area contributed by atoms with Crippen LogP contribution in [-0.4, -0.2) is 11.6 Å². The predicted octanol–water partition coefficient (Wildman–Crippen LogP) is 2.52. The maximum absolute atomic E-state index is 13.2. The molecule has 1 aromatic carbocycles. The summed E-state index contributed by atoms with van der Waals surface area (Å²) >= 11 is 0. The zero-order valence-corrected chi connectivity index (χ0v) is 8.50. The number of benzene rings is 1. The van der Waals surface area contributed by atoms with Crippen LogP contribution in [0.2, 0.25) is 0 Å². The molecule has 0 bridgehead atoms. The van der Waals surface area contributed by atoms with E-state index in [1.165, 1.54) is 12.1 Å². The number of halogens is 2. The van der Waals surface area contributed by atoms with Crippen LogP contribution in [0.1, 0.15) is 29.6 Å². The van der Waals surface area contributed by atoms with Crippen molar-refractivity contribution in [2.24, 2.45) is 5.92 Å². The monoisotopic (exact) mass is 224 g/mol. The fourth-order valence-corrected chi connectivity index (χ4v) is 1.52. The van der Waals surface area contributed by atoms with E-state index in [0.717, 1.165) is 18.9 Å². The maximum atomic E-state index is 13.2. The fourth-order valence-electron chi connectivity index (χ4n) is 1.52. The van der Waals surface area contributed by atoms with E-state index in [4.69, 9.17) is 0 Å². The third-order valence-electron chi connectivity index (χ3n) is 2.62. The van der Waals surface area contributed by atoms with Crippen molar-refractivity contribution in [1.82, 2.24) is 0 Å². The minimum atomic E-state index is -1.17. The zero-order valence-electron chi connectivity index (χ0n) is 8.50. The van der Waals surface area contributed by atoms with Crippen molar-refractivity contribution >= 4 is 11.6 Å². The molecule has 0 aromatic heterocycles. The van der Waals surface area contributed by atoms with Gasteiger partial charge in [-0.3, -0.25) is 9.59 Å². The Morgan fingerprint density at radius 3 is 2.56 bits per heavy atom. The molecule has 0 heterocycles. The van der Waals surface area contributed by atoms with Gasteiger partial charge >= 0.3 is 0 Å². The average molecular weight is 224 g/mol. The summed E-state index contributed by atoms with van der Waals surface area (Å²) in [6, 6.07) is 3.39. The van der Waals surface area contributed by atoms with Gasteiger partial charge in [0.05, 0.1) is 12.0 Å². The summed E-state index contributed by atoms with van der Waals surface area (Å²) in [5, 5.41) is 0. The minimum Gasteiger partial charge on any atom is -0.299 e. The van der Waals surface area contributed by atoms with E-state index in [0.29, 0.717) is 0 Å². The molecule has 1 fully saturated rings. The van der Waals surface area contributed by atoms with E-state index >= 15 is 0 Å². The summed E-state index contributed by atoms with van der Waals surface area (Å²) in [5.74, 6) is -3.09. The third-order valence-corrected chi connectivity index (χ3v) is 2.62. The lowest BCUT2D eigenvalue weighted by atomic mass is 10.0. The second-order valence-corrected chi connectivity index (χ2v) is 3.94. The Bertz CT molecular complexity index is 450. The van der Waals surface area contributed by atoms with E-state index in [2.05, 4.69) is 0 Å². The van der Waals surface area contributed by atoms with E-state index in [1.807, 2.05) is 0 Å². The van der Waals surface area contributed by atoms with Gasteiger partial charge in [0.25, 0.3) is 0 Å². The van der Waals surface area contributed by atoms with E-state index < -0.39 is 17.4 Å². The Morgan fingerprint density at radius 1 is 1.25 bits per heavy atom. The van der Waals surface area contributed by atoms with Gasteiger partial charge in [-0.15, -0.1) is 0 Å². The van der Waals surface area contributed by atoms with Gasteiger partial charge in [-0.05, 0) is 25.0 Å². The molecule has 0 radical (unpaired) electrons. The molecule has 0 spiro atoms. The first-order valence-corrected chi connectivity index (χ1v) is 5.09. The molecular weight excluding hydrogens is 214 g/mol. The molecular formula is C12H10F2O2. The Balaban J connectivity index is 2.14. The molecule has 16 heavy (non-hydrogen) atoms. The SMILES string of the molecule is O=C(CC(=O)C1CC1)c1cccc(F)c1F. The summed E-state index contributed by atoms with van der Waals surface area (Å²) in [7, 11) is 0. The van der Waals surface area contributed by atoms with Gasteiger partial charge in [-0.1, -0.05) is 6.07 Å². The molecule has 1 aromatic rings. The molecule has 84 valence electrons. The van der Waals surface area contributed by atoms with Crippen molar-refractivity contribution in [3.63, 3.8) is 0 Å². The second-order valence-electron chi connectivity index (χ2n) is 3.94. The van der Waals surface area contributed by atoms with E-state index in [-0.39, 0.29) is 23.7 Å². The summed E-state index contributed by atoms with van der Waals surface area (Å²) in [5.41, 5.74) is -0.339. The highest BCUT2D eigenvalue weighted by Gasteiger charge is 2.31. The van der Waals surface area contributed by atoms with Crippen molar-refractivity contribution in [1.29, 1.82) is 0 Å². The van der Waals surface area contributed by atoms with Crippen molar-refractivity contribution < 1.29 is 18.4 Å². The molecule has 0 atom stereocenters. The number of carbonyl (C=O) groups excluding carboxylic acids is 2. The number of hydrogen-bond acceptors (Lipinski definition) is 2. The molecule has 2 nitrogen and oxygen atoms in total. The van der Waals surface area contributed by atoms with Crippen molar-refractivity contribution in [2.45, 2.75) is 19.3 Å². The minimum absolute atomic E-state index is 0.0411. The topological polar surface area (TPSA) is 34.1 Å². The second kappa shape index (κ2) is 4.12. The predicted molar refractivity (Wildman–Crippen MR) is 53.0 cm³/mol. The zero-order chi connectivity index (χ0) is 11.7. The third kappa shape index (κ3) is 2.15. The summed E-state index contributed by atoms with van der Waals surface area (Å²) < 4.78 is 26.0. The highest BCUT2D eigenvalue weighted by molar-refractivity contribution is 6.09. The molecule has 1 saturated carbocycles. The number of hydrogen-bond donors (Lipinski definition) is 0. The lowest BCUT2D eigenvalue weighted by Gasteiger charge is -2.02. The molecule has 1 aliphatic rings. The Kier molecular flexibility index (Phi) is 2.81. The molecule has 0 saturated heterocycles. The van der Waals surface area contributed by atoms with Crippen molar-refractivity contribution in [3.05, 3.63) is 35.4 Å². The molecule has 2 rings (SSSR count). The summed E-state index contributed by atoms with van der Waals surface area (Å²) in [6.07, 6.45) is 1.28. The number of ketones is 2. The van der Waals surface area contributed by atoms with Crippen LogP contribution >= 0.6 is 0 Å². The van der Waals surface area contributed by atoms with Crippen LogP contribution < -0.4 is 0 Å². The van der Waals surface area contributed by atoms with Gasteiger partial charge in [0.2, 0.25) is 0 Å². The van der Waals surface area contributed by atoms with Crippen LogP contribution in [0.3, 0.4) is 0 Å². The summed E-state index contributed by atoms with van der Waals surface area (Å²) in [4.78, 5) is 22.9. The molecule has 1 aliphatic carbocycles. The number of carbonyl (C=O) groups is 2. The number of Topliss-reactive ketones (excluding diaryl/α,β-unsaturated/α-hetero) is 2. The van der Waals surface area contributed by atoms with Gasteiger partial charge in [0.1, 0.15) is 5.78 Å². The van der Waals surface area contributed by atoms with Crippen LogP contribution in [0.5, 0.6) is 0 Å². The highest BCUT2D eigenvalue weighted by Crippen LogP contribution is 2.31. The van der Waals surface area contributed by atoms with Gasteiger partial charge in [0, 0.05) is 5.92 Å². The van der Waals surface area contributed by atoms with Crippen LogP contribution in [-0.2, 0) is 4.79 Å². The lowest BCUT2D eigenvalue weighted by molar-refractivity contribution is -0.119. The molecule has 0 N–H and O–H groups in total. The van der Waals surface area contributed by atoms with Crippen LogP contribution in [0.4, 0.5) is 8.78 Å². The van der Waals surface area contributed by atoms with Gasteiger partial charge in [-0.25, -0.2) is 8.78 Å². The smallest absolute Gasteiger partial charge is 0.173 e. The first kappa shape index (κ1) is 10.9. The quantitative estimate of drug-likeness (QED) is 0.581. The molecule has 0 amide bonds. The van der Waals surface area contributed by atoms with Gasteiger partial charge < -0.3 is 0 Å². The Hall–Kier alpha value is -1.58. The van der Waals surface area contributed by atoms with Gasteiger partial charge in [-0.2, -0.15) is 0 Å². The van der Waals surface area contributed by atoms with Crippen molar-refractivity contribution in [3.8, 4) is 0 Å². The van der Waals surface area contributed by atoms with Gasteiger partial charge in [0.15, 0.2) is 17.4 Å². The number of rotatable bonds is 4. The highest BCUT2D eigenvalue weighted by atomic mass is 19.2. The molecule has 0 unspecified atom stereocenters. The Labute approximate surface area is 91.3 Å².